The number of carbonyl (C=O) groups is 1. The number of halogens is 3. The maximum absolute atomic E-state index is 14.1. The fourth-order valence-electron chi connectivity index (χ4n) is 2.95. The molecule has 4 aromatic rings. The summed E-state index contributed by atoms with van der Waals surface area (Å²) in [5.41, 5.74) is 1.55. The van der Waals surface area contributed by atoms with E-state index < -0.39 is 11.6 Å². The van der Waals surface area contributed by atoms with Crippen LogP contribution < -0.4 is 5.32 Å². The normalized spacial score (nSPS) is 11.0. The van der Waals surface area contributed by atoms with Crippen molar-refractivity contribution in [3.05, 3.63) is 89.4 Å². The summed E-state index contributed by atoms with van der Waals surface area (Å²) < 4.78 is 42.0. The second-order valence-electron chi connectivity index (χ2n) is 6.43. The molecule has 29 heavy (non-hydrogen) atoms. The van der Waals surface area contributed by atoms with E-state index in [4.69, 9.17) is 0 Å². The van der Waals surface area contributed by atoms with Gasteiger partial charge in [0.05, 0.1) is 11.1 Å². The van der Waals surface area contributed by atoms with Gasteiger partial charge in [0.15, 0.2) is 11.5 Å². The van der Waals surface area contributed by atoms with Crippen LogP contribution in [-0.4, -0.2) is 27.0 Å². The number of amides is 1. The van der Waals surface area contributed by atoms with Crippen LogP contribution in [0.3, 0.4) is 0 Å². The lowest BCUT2D eigenvalue weighted by Gasteiger charge is -2.07. The Kier molecular flexibility index (Phi) is 4.99. The van der Waals surface area contributed by atoms with Crippen LogP contribution in [0.4, 0.5) is 13.2 Å². The average Bonchev–Trinajstić information content (AvgIpc) is 3.14. The van der Waals surface area contributed by atoms with E-state index in [0.29, 0.717) is 24.2 Å². The summed E-state index contributed by atoms with van der Waals surface area (Å²) in [6.07, 6.45) is 2.02. The number of pyridine rings is 1. The second kappa shape index (κ2) is 7.75. The van der Waals surface area contributed by atoms with Gasteiger partial charge in [0.2, 0.25) is 0 Å². The monoisotopic (exact) mass is 396 g/mol. The summed E-state index contributed by atoms with van der Waals surface area (Å²) in [4.78, 5) is 12.5. The molecule has 0 saturated heterocycles. The molecule has 1 N–H and O–H groups in total. The van der Waals surface area contributed by atoms with Crippen LogP contribution in [0.2, 0.25) is 0 Å². The number of nitrogens with zero attached hydrogens (tertiary/aromatic N) is 3. The van der Waals surface area contributed by atoms with Gasteiger partial charge in [0.25, 0.3) is 5.91 Å². The number of benzene rings is 2. The molecule has 0 unspecified atom stereocenters. The number of aromatic nitrogens is 3. The third kappa shape index (κ3) is 3.96. The van der Waals surface area contributed by atoms with Crippen molar-refractivity contribution >= 4 is 11.6 Å². The van der Waals surface area contributed by atoms with E-state index in [1.54, 1.807) is 24.3 Å². The predicted octanol–water partition coefficient (Wildman–Crippen LogP) is 3.79. The fourth-order valence-corrected chi connectivity index (χ4v) is 2.95. The number of rotatable bonds is 5. The van der Waals surface area contributed by atoms with Crippen molar-refractivity contribution in [2.75, 3.05) is 6.54 Å². The lowest BCUT2D eigenvalue weighted by atomic mass is 10.1. The standard InChI is InChI=1S/C21H15F3N4O/c22-15-4-1-13(2-5-15)9-10-25-21(29)14-3-8-19-26-27-20(28(19)12-14)17-11-16(23)6-7-18(17)24/h1-8,11-12H,9-10H2,(H,25,29). The zero-order valence-electron chi connectivity index (χ0n) is 15.1. The number of hydrogen-bond acceptors (Lipinski definition) is 3. The largest absolute Gasteiger partial charge is 0.352 e. The molecule has 0 bridgehead atoms. The van der Waals surface area contributed by atoms with E-state index >= 15 is 0 Å². The van der Waals surface area contributed by atoms with Gasteiger partial charge < -0.3 is 5.32 Å². The Morgan fingerprint density at radius 3 is 2.48 bits per heavy atom. The first-order valence-corrected chi connectivity index (χ1v) is 8.84. The molecule has 0 atom stereocenters. The van der Waals surface area contributed by atoms with E-state index in [0.717, 1.165) is 23.8 Å². The minimum absolute atomic E-state index is 0.0497. The predicted molar refractivity (Wildman–Crippen MR) is 101 cm³/mol. The van der Waals surface area contributed by atoms with Crippen LogP contribution in [0.1, 0.15) is 15.9 Å². The smallest absolute Gasteiger partial charge is 0.252 e. The fraction of sp³-hybridized carbons (Fsp3) is 0.0952. The van der Waals surface area contributed by atoms with Crippen LogP contribution in [0.5, 0.6) is 0 Å². The molecule has 5 nitrogen and oxygen atoms in total. The number of hydrogen-bond donors (Lipinski definition) is 1. The molecule has 0 spiro atoms. The van der Waals surface area contributed by atoms with Crippen LogP contribution in [0, 0.1) is 17.5 Å². The lowest BCUT2D eigenvalue weighted by molar-refractivity contribution is 0.0953. The Hall–Kier alpha value is -3.68. The van der Waals surface area contributed by atoms with Crippen LogP contribution in [0.15, 0.2) is 60.8 Å². The number of carbonyl (C=O) groups excluding carboxylic acids is 1. The van der Waals surface area contributed by atoms with Crippen molar-refractivity contribution in [3.63, 3.8) is 0 Å². The third-order valence-electron chi connectivity index (χ3n) is 4.45. The molecule has 0 saturated carbocycles. The minimum Gasteiger partial charge on any atom is -0.352 e. The highest BCUT2D eigenvalue weighted by Gasteiger charge is 2.15. The van der Waals surface area contributed by atoms with Crippen molar-refractivity contribution in [3.8, 4) is 11.4 Å². The zero-order chi connectivity index (χ0) is 20.4. The zero-order valence-corrected chi connectivity index (χ0v) is 15.1. The topological polar surface area (TPSA) is 59.3 Å². The van der Waals surface area contributed by atoms with E-state index in [-0.39, 0.29) is 23.1 Å². The van der Waals surface area contributed by atoms with Crippen molar-refractivity contribution < 1.29 is 18.0 Å². The van der Waals surface area contributed by atoms with Gasteiger partial charge in [0, 0.05) is 12.7 Å². The molecular weight excluding hydrogens is 381 g/mol. The highest BCUT2D eigenvalue weighted by Crippen LogP contribution is 2.23. The van der Waals surface area contributed by atoms with E-state index in [1.165, 1.54) is 22.7 Å². The van der Waals surface area contributed by atoms with Crippen LogP contribution >= 0.6 is 0 Å². The van der Waals surface area contributed by atoms with Gasteiger partial charge in [-0.05, 0) is 54.4 Å². The molecule has 0 radical (unpaired) electrons. The van der Waals surface area contributed by atoms with Gasteiger partial charge in [-0.3, -0.25) is 9.20 Å². The molecule has 0 fully saturated rings. The highest BCUT2D eigenvalue weighted by molar-refractivity contribution is 5.94. The van der Waals surface area contributed by atoms with Gasteiger partial charge in [-0.2, -0.15) is 0 Å². The van der Waals surface area contributed by atoms with Crippen molar-refractivity contribution in [2.45, 2.75) is 6.42 Å². The maximum atomic E-state index is 14.1. The van der Waals surface area contributed by atoms with Gasteiger partial charge >= 0.3 is 0 Å². The first kappa shape index (κ1) is 18.7. The summed E-state index contributed by atoms with van der Waals surface area (Å²) in [6.45, 7) is 0.357. The summed E-state index contributed by atoms with van der Waals surface area (Å²) in [7, 11) is 0. The van der Waals surface area contributed by atoms with Gasteiger partial charge in [-0.25, -0.2) is 13.2 Å². The van der Waals surface area contributed by atoms with Gasteiger partial charge in [-0.1, -0.05) is 12.1 Å². The minimum atomic E-state index is -0.644. The molecule has 2 aromatic carbocycles. The first-order valence-electron chi connectivity index (χ1n) is 8.84. The molecule has 0 aliphatic rings. The van der Waals surface area contributed by atoms with Crippen molar-refractivity contribution in [1.82, 2.24) is 19.9 Å². The van der Waals surface area contributed by atoms with Crippen molar-refractivity contribution in [2.24, 2.45) is 0 Å². The summed E-state index contributed by atoms with van der Waals surface area (Å²) >= 11 is 0. The molecule has 0 aliphatic heterocycles. The molecule has 1 amide bonds. The average molecular weight is 396 g/mol. The Morgan fingerprint density at radius 2 is 1.69 bits per heavy atom. The second-order valence-corrected chi connectivity index (χ2v) is 6.43. The lowest BCUT2D eigenvalue weighted by Crippen LogP contribution is -2.26. The number of nitrogens with one attached hydrogen (secondary N) is 1. The maximum Gasteiger partial charge on any atom is 0.252 e. The molecule has 2 aromatic heterocycles. The first-order chi connectivity index (χ1) is 14.0. The Morgan fingerprint density at radius 1 is 0.931 bits per heavy atom. The molecular formula is C21H15F3N4O. The summed E-state index contributed by atoms with van der Waals surface area (Å²) in [5, 5.41) is 10.6. The van der Waals surface area contributed by atoms with Crippen LogP contribution in [-0.2, 0) is 6.42 Å². The Labute approximate surface area is 163 Å². The van der Waals surface area contributed by atoms with Gasteiger partial charge in [0.1, 0.15) is 17.5 Å². The Bertz CT molecular complexity index is 1190. The third-order valence-corrected chi connectivity index (χ3v) is 4.45. The molecule has 0 aliphatic carbocycles. The van der Waals surface area contributed by atoms with E-state index in [9.17, 15) is 18.0 Å². The molecule has 2 heterocycles. The summed E-state index contributed by atoms with van der Waals surface area (Å²) in [6, 6.07) is 12.2. The Balaban J connectivity index is 1.54. The van der Waals surface area contributed by atoms with Crippen LogP contribution in [0.25, 0.3) is 17.0 Å². The highest BCUT2D eigenvalue weighted by atomic mass is 19.1. The van der Waals surface area contributed by atoms with E-state index in [2.05, 4.69) is 15.5 Å². The van der Waals surface area contributed by atoms with E-state index in [1.807, 2.05) is 0 Å². The molecule has 146 valence electrons. The number of fused-ring (bicyclic) bond motifs is 1. The summed E-state index contributed by atoms with van der Waals surface area (Å²) in [5.74, 6) is -1.81. The molecule has 8 heteroatoms. The quantitative estimate of drug-likeness (QED) is 0.559. The molecule has 4 rings (SSSR count). The van der Waals surface area contributed by atoms with Gasteiger partial charge in [-0.15, -0.1) is 10.2 Å². The van der Waals surface area contributed by atoms with Crippen molar-refractivity contribution in [1.29, 1.82) is 0 Å². The SMILES string of the molecule is O=C(NCCc1ccc(F)cc1)c1ccc2nnc(-c3cc(F)ccc3F)n2c1.